The maximum absolute atomic E-state index is 13.0. The summed E-state index contributed by atoms with van der Waals surface area (Å²) in [7, 11) is -4.75. The van der Waals surface area contributed by atoms with Crippen LogP contribution in [-0.2, 0) is 42.2 Å². The zero-order valence-electron chi connectivity index (χ0n) is 54.0. The Bertz CT molecular complexity index is 1470. The fraction of sp³-hybridized carbons (Fsp3) is 0.900. The summed E-state index contributed by atoms with van der Waals surface area (Å²) in [6.45, 7) is 4.74. The molecule has 0 fully saturated rings. The molecule has 0 aliphatic carbocycles. The number of unbranched alkanes of at least 4 members (excludes halogenated alkanes) is 46. The summed E-state index contributed by atoms with van der Waals surface area (Å²) >= 11 is 0. The van der Waals surface area contributed by atoms with E-state index in [0.29, 0.717) is 19.3 Å². The van der Waals surface area contributed by atoms with Gasteiger partial charge in [-0.25, -0.2) is 4.57 Å². The summed E-state index contributed by atoms with van der Waals surface area (Å²) in [4.78, 5) is 48.9. The minimum absolute atomic E-state index is 0.170. The van der Waals surface area contributed by atoms with Crippen LogP contribution >= 0.6 is 7.82 Å². The molecule has 0 amide bonds. The lowest BCUT2D eigenvalue weighted by molar-refractivity contribution is -0.161. The van der Waals surface area contributed by atoms with Crippen molar-refractivity contribution >= 4 is 25.7 Å². The van der Waals surface area contributed by atoms with Crippen LogP contribution in [0.1, 0.15) is 367 Å². The molecule has 0 spiro atoms. The van der Waals surface area contributed by atoms with E-state index in [1.54, 1.807) is 0 Å². The first-order chi connectivity index (χ1) is 40.2. The summed E-state index contributed by atoms with van der Waals surface area (Å²) in [5.41, 5.74) is 0. The van der Waals surface area contributed by atoms with E-state index in [1.807, 2.05) is 0 Å². The van der Waals surface area contributed by atoms with Crippen molar-refractivity contribution in [2.45, 2.75) is 380 Å². The number of aliphatic hydroxyl groups is 1. The summed E-state index contributed by atoms with van der Waals surface area (Å²) < 4.78 is 39.8. The van der Waals surface area contributed by atoms with Crippen LogP contribution in [0.5, 0.6) is 0 Å². The van der Waals surface area contributed by atoms with E-state index in [4.69, 9.17) is 23.3 Å². The molecule has 0 aliphatic rings. The summed E-state index contributed by atoms with van der Waals surface area (Å²) in [6, 6.07) is 0. The highest BCUT2D eigenvalue weighted by atomic mass is 31.2. The van der Waals surface area contributed by atoms with Crippen molar-refractivity contribution in [3.63, 3.8) is 0 Å². The number of hydrogen-bond acceptors (Lipinski definition) is 10. The van der Waals surface area contributed by atoms with Crippen LogP contribution in [-0.4, -0.2) is 66.5 Å². The minimum Gasteiger partial charge on any atom is -0.462 e. The number of phosphoric acid groups is 1. The van der Waals surface area contributed by atoms with Crippen molar-refractivity contribution in [2.24, 2.45) is 0 Å². The van der Waals surface area contributed by atoms with Gasteiger partial charge >= 0.3 is 25.7 Å². The Morgan fingerprint density at radius 1 is 0.329 bits per heavy atom. The molecule has 11 nitrogen and oxygen atoms in total. The molecule has 0 saturated carbocycles. The molecule has 0 aromatic heterocycles. The van der Waals surface area contributed by atoms with Gasteiger partial charge in [0.15, 0.2) is 6.10 Å². The van der Waals surface area contributed by atoms with E-state index in [-0.39, 0.29) is 25.9 Å². The highest BCUT2D eigenvalue weighted by Crippen LogP contribution is 2.43. The number of carbonyl (C=O) groups excluding carboxylic acids is 3. The maximum atomic E-state index is 13.0. The molecule has 0 aliphatic heterocycles. The third kappa shape index (κ3) is 62.5. The molecule has 12 heteroatoms. The second-order valence-electron chi connectivity index (χ2n) is 24.1. The monoisotopic (exact) mass is 1180 g/mol. The summed E-state index contributed by atoms with van der Waals surface area (Å²) in [5, 5.41) is 9.88. The lowest BCUT2D eigenvalue weighted by Gasteiger charge is -2.21. The van der Waals surface area contributed by atoms with Gasteiger partial charge in [-0.05, 0) is 70.6 Å². The molecular formula is C70H133O11P. The van der Waals surface area contributed by atoms with Crippen molar-refractivity contribution < 1.29 is 52.2 Å². The van der Waals surface area contributed by atoms with Crippen LogP contribution < -0.4 is 0 Å². The van der Waals surface area contributed by atoms with Gasteiger partial charge in [0.05, 0.1) is 19.8 Å². The molecule has 0 rings (SSSR count). The number of rotatable bonds is 67. The molecule has 0 heterocycles. The fourth-order valence-corrected chi connectivity index (χ4v) is 11.3. The van der Waals surface area contributed by atoms with Gasteiger partial charge in [-0.3, -0.25) is 23.4 Å². The lowest BCUT2D eigenvalue weighted by atomic mass is 10.0. The second-order valence-corrected chi connectivity index (χ2v) is 25.5. The smallest absolute Gasteiger partial charge is 0.462 e. The van der Waals surface area contributed by atoms with E-state index >= 15 is 0 Å². The van der Waals surface area contributed by atoms with E-state index < -0.39 is 57.8 Å². The average Bonchev–Trinajstić information content (AvgIpc) is 3.50. The molecule has 484 valence electrons. The normalized spacial score (nSPS) is 13.3. The van der Waals surface area contributed by atoms with Crippen LogP contribution in [0.3, 0.4) is 0 Å². The van der Waals surface area contributed by atoms with Crippen LogP contribution in [0.4, 0.5) is 0 Å². The molecule has 0 aromatic rings. The van der Waals surface area contributed by atoms with Crippen LogP contribution in [0.15, 0.2) is 24.3 Å². The Morgan fingerprint density at radius 2 is 0.561 bits per heavy atom. The first-order valence-electron chi connectivity index (χ1n) is 35.2. The third-order valence-electron chi connectivity index (χ3n) is 15.8. The SMILES string of the molecule is CCCCCCCC/C=C\CCCCCCCCCCCC(=O)OC(COC(=O)CCCCCCCCC/C=C\CCCCCCCC)COP(=O)(O)OCC(CO)OC(=O)CCCCCCCCCCCCCCCCCCCCC. The van der Waals surface area contributed by atoms with Crippen molar-refractivity contribution in [1.82, 2.24) is 0 Å². The van der Waals surface area contributed by atoms with Crippen molar-refractivity contribution in [3.05, 3.63) is 24.3 Å². The molecule has 0 bridgehead atoms. The van der Waals surface area contributed by atoms with Gasteiger partial charge in [-0.1, -0.05) is 302 Å². The first kappa shape index (κ1) is 80.0. The highest BCUT2D eigenvalue weighted by Gasteiger charge is 2.28. The van der Waals surface area contributed by atoms with Gasteiger partial charge in [0.25, 0.3) is 0 Å². The zero-order chi connectivity index (χ0) is 59.8. The number of allylic oxidation sites excluding steroid dienone is 4. The van der Waals surface area contributed by atoms with Gasteiger partial charge in [0.1, 0.15) is 12.7 Å². The van der Waals surface area contributed by atoms with E-state index in [0.717, 1.165) is 64.2 Å². The van der Waals surface area contributed by atoms with Crippen molar-refractivity contribution in [1.29, 1.82) is 0 Å². The van der Waals surface area contributed by atoms with Crippen molar-refractivity contribution in [3.8, 4) is 0 Å². The Kier molecular flexibility index (Phi) is 63.3. The molecule has 3 atom stereocenters. The maximum Gasteiger partial charge on any atom is 0.472 e. The first-order valence-corrected chi connectivity index (χ1v) is 36.7. The lowest BCUT2D eigenvalue weighted by Crippen LogP contribution is -2.30. The molecule has 2 N–H and O–H groups in total. The number of carbonyl (C=O) groups is 3. The Morgan fingerprint density at radius 3 is 0.841 bits per heavy atom. The molecule has 0 aromatic carbocycles. The largest absolute Gasteiger partial charge is 0.472 e. The highest BCUT2D eigenvalue weighted by molar-refractivity contribution is 7.47. The van der Waals surface area contributed by atoms with Gasteiger partial charge in [-0.2, -0.15) is 0 Å². The Balaban J connectivity index is 4.62. The standard InChI is InChI=1S/C70H133O11P/c1-4-7-10-13-16-19-22-25-28-31-33-36-39-42-45-48-51-54-57-60-69(73)80-66(62-71)64-78-82(75,76)79-65-67(63-77-68(72)59-56-53-50-47-44-41-38-35-30-27-24-21-18-15-12-9-6-3)81-70(74)61-58-55-52-49-46-43-40-37-34-32-29-26-23-20-17-14-11-8-5-2/h26-27,29-30,66-67,71H,4-25,28,31-65H2,1-3H3,(H,75,76)/b29-26-,30-27-. The van der Waals surface area contributed by atoms with E-state index in [2.05, 4.69) is 45.1 Å². The molecule has 0 radical (unpaired) electrons. The quantitative estimate of drug-likeness (QED) is 0.0197. The van der Waals surface area contributed by atoms with Gasteiger partial charge in [0, 0.05) is 19.3 Å². The number of aliphatic hydroxyl groups excluding tert-OH is 1. The topological polar surface area (TPSA) is 155 Å². The Labute approximate surface area is 506 Å². The van der Waals surface area contributed by atoms with Crippen molar-refractivity contribution in [2.75, 3.05) is 26.4 Å². The van der Waals surface area contributed by atoms with E-state index in [1.165, 1.54) is 244 Å². The molecular weight excluding hydrogens is 1050 g/mol. The number of ether oxygens (including phenoxy) is 3. The predicted molar refractivity (Wildman–Crippen MR) is 344 cm³/mol. The third-order valence-corrected chi connectivity index (χ3v) is 16.8. The molecule has 82 heavy (non-hydrogen) atoms. The molecule has 0 saturated heterocycles. The molecule has 3 unspecified atom stereocenters. The number of phosphoric ester groups is 1. The van der Waals surface area contributed by atoms with Gasteiger partial charge in [-0.15, -0.1) is 0 Å². The van der Waals surface area contributed by atoms with Gasteiger partial charge < -0.3 is 24.2 Å². The second kappa shape index (κ2) is 64.9. The Hall–Kier alpha value is -2.04. The fourth-order valence-electron chi connectivity index (χ4n) is 10.5. The van der Waals surface area contributed by atoms with Crippen LogP contribution in [0, 0.1) is 0 Å². The minimum atomic E-state index is -4.75. The summed E-state index contributed by atoms with van der Waals surface area (Å²) in [6.07, 6.45) is 69.8. The van der Waals surface area contributed by atoms with Crippen LogP contribution in [0.2, 0.25) is 0 Å². The van der Waals surface area contributed by atoms with E-state index in [9.17, 15) is 28.9 Å². The number of hydrogen-bond donors (Lipinski definition) is 2. The zero-order valence-corrected chi connectivity index (χ0v) is 54.9. The van der Waals surface area contributed by atoms with Crippen LogP contribution in [0.25, 0.3) is 0 Å². The van der Waals surface area contributed by atoms with Gasteiger partial charge in [0.2, 0.25) is 0 Å². The average molecular weight is 1180 g/mol. The summed E-state index contributed by atoms with van der Waals surface area (Å²) in [5.74, 6) is -1.44. The number of esters is 3. The predicted octanol–water partition coefficient (Wildman–Crippen LogP) is 21.7.